The van der Waals surface area contributed by atoms with Crippen LogP contribution in [0.5, 0.6) is 0 Å². The number of hydrogen-bond donors (Lipinski definition) is 3. The topological polar surface area (TPSA) is 92.0 Å². The molecule has 0 radical (unpaired) electrons. The number of nitrogens with zero attached hydrogens (tertiary/aromatic N) is 5. The van der Waals surface area contributed by atoms with Crippen molar-refractivity contribution in [3.05, 3.63) is 48.0 Å². The zero-order valence-electron chi connectivity index (χ0n) is 17.4. The highest BCUT2D eigenvalue weighted by atomic mass is 19.4. The molecular weight excluding hydrogens is 409 g/mol. The van der Waals surface area contributed by atoms with Gasteiger partial charge in [0.25, 0.3) is 0 Å². The number of aromatic nitrogens is 4. The maximum absolute atomic E-state index is 12.7. The molecule has 166 valence electrons. The van der Waals surface area contributed by atoms with Crippen LogP contribution in [0.15, 0.2) is 41.5 Å². The molecule has 0 atom stereocenters. The molecule has 3 aromatic rings. The number of para-hydroxylation sites is 2. The predicted octanol–water partition coefficient (Wildman–Crippen LogP) is 2.82. The van der Waals surface area contributed by atoms with Crippen LogP contribution in [0.2, 0.25) is 0 Å². The fourth-order valence-electron chi connectivity index (χ4n) is 3.10. The molecule has 31 heavy (non-hydrogen) atoms. The van der Waals surface area contributed by atoms with Gasteiger partial charge in [0.05, 0.1) is 11.0 Å². The Morgan fingerprint density at radius 2 is 1.84 bits per heavy atom. The summed E-state index contributed by atoms with van der Waals surface area (Å²) in [6.07, 6.45) is -2.54. The number of aryl methyl sites for hydroxylation is 2. The van der Waals surface area contributed by atoms with Crippen LogP contribution in [-0.4, -0.2) is 52.2 Å². The number of halogens is 3. The van der Waals surface area contributed by atoms with Gasteiger partial charge in [0.15, 0.2) is 5.96 Å². The van der Waals surface area contributed by atoms with Gasteiger partial charge in [-0.15, -0.1) is 0 Å². The summed E-state index contributed by atoms with van der Waals surface area (Å²) in [5, 5.41) is 9.09. The van der Waals surface area contributed by atoms with Gasteiger partial charge in [0, 0.05) is 39.4 Å². The number of guanidine groups is 1. The molecule has 2 aromatic heterocycles. The highest BCUT2D eigenvalue weighted by Gasteiger charge is 2.32. The van der Waals surface area contributed by atoms with Gasteiger partial charge in [-0.05, 0) is 31.5 Å². The van der Waals surface area contributed by atoms with Crippen LogP contribution in [0.3, 0.4) is 0 Å². The molecule has 0 saturated carbocycles. The van der Waals surface area contributed by atoms with Crippen molar-refractivity contribution < 1.29 is 13.2 Å². The average Bonchev–Trinajstić information content (AvgIpc) is 3.07. The van der Waals surface area contributed by atoms with E-state index in [0.29, 0.717) is 25.6 Å². The van der Waals surface area contributed by atoms with Crippen LogP contribution < -0.4 is 16.0 Å². The second kappa shape index (κ2) is 10.1. The summed E-state index contributed by atoms with van der Waals surface area (Å²) in [6.45, 7) is 4.29. The van der Waals surface area contributed by atoms with E-state index in [1.807, 2.05) is 25.1 Å². The second-order valence-electron chi connectivity index (χ2n) is 6.77. The normalized spacial score (nSPS) is 12.2. The number of anilines is 1. The van der Waals surface area contributed by atoms with E-state index in [1.165, 1.54) is 0 Å². The minimum Gasteiger partial charge on any atom is -0.356 e. The van der Waals surface area contributed by atoms with E-state index >= 15 is 0 Å². The molecule has 0 aliphatic rings. The Morgan fingerprint density at radius 1 is 1.06 bits per heavy atom. The summed E-state index contributed by atoms with van der Waals surface area (Å²) in [5.41, 5.74) is 1.13. The first kappa shape index (κ1) is 22.3. The maximum Gasteiger partial charge on any atom is 0.433 e. The van der Waals surface area contributed by atoms with Crippen LogP contribution in [0, 0.1) is 6.92 Å². The molecule has 0 aliphatic heterocycles. The Morgan fingerprint density at radius 3 is 2.61 bits per heavy atom. The predicted molar refractivity (Wildman–Crippen MR) is 114 cm³/mol. The molecule has 3 rings (SSSR count). The Labute approximate surface area is 178 Å². The molecule has 2 heterocycles. The molecule has 0 amide bonds. The summed E-state index contributed by atoms with van der Waals surface area (Å²) in [4.78, 5) is 16.0. The summed E-state index contributed by atoms with van der Waals surface area (Å²) in [6, 6.07) is 8.88. The lowest BCUT2D eigenvalue weighted by Gasteiger charge is -2.13. The van der Waals surface area contributed by atoms with Gasteiger partial charge in [-0.1, -0.05) is 12.1 Å². The van der Waals surface area contributed by atoms with Gasteiger partial charge in [-0.2, -0.15) is 13.2 Å². The Kier molecular flexibility index (Phi) is 7.27. The van der Waals surface area contributed by atoms with Crippen LogP contribution in [-0.2, 0) is 12.7 Å². The molecule has 0 saturated heterocycles. The first-order chi connectivity index (χ1) is 14.9. The first-order valence-corrected chi connectivity index (χ1v) is 9.89. The quantitative estimate of drug-likeness (QED) is 0.287. The van der Waals surface area contributed by atoms with Crippen molar-refractivity contribution in [2.45, 2.75) is 26.1 Å². The number of hydrogen-bond acceptors (Lipinski definition) is 5. The highest BCUT2D eigenvalue weighted by Crippen LogP contribution is 2.27. The molecule has 0 bridgehead atoms. The molecule has 0 fully saturated rings. The standard InChI is InChI=1S/C20H25F3N8/c1-14-29-15-6-3-4-7-16(15)31(14)13-5-9-25-18(24-2)27-11-12-28-19-26-10-8-17(30-19)20(21,22)23/h3-4,6-8,10H,5,9,11-13H2,1-2H3,(H2,24,25,27)(H,26,28,30). The Hall–Kier alpha value is -3.37. The van der Waals surface area contributed by atoms with Gasteiger partial charge in [0.1, 0.15) is 11.5 Å². The highest BCUT2D eigenvalue weighted by molar-refractivity contribution is 5.79. The van der Waals surface area contributed by atoms with Gasteiger partial charge in [-0.25, -0.2) is 15.0 Å². The number of imidazole rings is 1. The molecule has 0 unspecified atom stereocenters. The van der Waals surface area contributed by atoms with Gasteiger partial charge in [0.2, 0.25) is 5.95 Å². The van der Waals surface area contributed by atoms with E-state index in [1.54, 1.807) is 7.05 Å². The lowest BCUT2D eigenvalue weighted by molar-refractivity contribution is -0.141. The first-order valence-electron chi connectivity index (χ1n) is 9.89. The third-order valence-corrected chi connectivity index (χ3v) is 4.57. The number of alkyl halides is 3. The average molecular weight is 434 g/mol. The van der Waals surface area contributed by atoms with Gasteiger partial charge >= 0.3 is 6.18 Å². The van der Waals surface area contributed by atoms with Crippen LogP contribution in [0.4, 0.5) is 19.1 Å². The van der Waals surface area contributed by atoms with Crippen molar-refractivity contribution in [2.75, 3.05) is 32.0 Å². The number of rotatable bonds is 8. The fraction of sp³-hybridized carbons (Fsp3) is 0.400. The second-order valence-corrected chi connectivity index (χ2v) is 6.77. The molecule has 1 aromatic carbocycles. The molecule has 11 heteroatoms. The Bertz CT molecular complexity index is 1030. The van der Waals surface area contributed by atoms with Crippen LogP contribution in [0.1, 0.15) is 17.9 Å². The van der Waals surface area contributed by atoms with Crippen molar-refractivity contribution in [2.24, 2.45) is 4.99 Å². The monoisotopic (exact) mass is 434 g/mol. The number of benzene rings is 1. The van der Waals surface area contributed by atoms with Crippen molar-refractivity contribution in [3.63, 3.8) is 0 Å². The van der Waals surface area contributed by atoms with Crippen LogP contribution >= 0.6 is 0 Å². The molecule has 0 spiro atoms. The molecule has 0 aliphatic carbocycles. The lowest BCUT2D eigenvalue weighted by Crippen LogP contribution is -2.40. The van der Waals surface area contributed by atoms with Crippen molar-refractivity contribution in [1.82, 2.24) is 30.2 Å². The minimum atomic E-state index is -4.49. The van der Waals surface area contributed by atoms with E-state index in [-0.39, 0.29) is 5.95 Å². The van der Waals surface area contributed by atoms with Crippen molar-refractivity contribution in [1.29, 1.82) is 0 Å². The summed E-state index contributed by atoms with van der Waals surface area (Å²) in [5.74, 6) is 1.52. The third kappa shape index (κ3) is 6.06. The van der Waals surface area contributed by atoms with Gasteiger partial charge < -0.3 is 20.5 Å². The summed E-state index contributed by atoms with van der Waals surface area (Å²) >= 11 is 0. The van der Waals surface area contributed by atoms with E-state index in [2.05, 4.69) is 46.5 Å². The Balaban J connectivity index is 1.39. The largest absolute Gasteiger partial charge is 0.433 e. The van der Waals surface area contributed by atoms with Crippen LogP contribution in [0.25, 0.3) is 11.0 Å². The molecular formula is C20H25F3N8. The van der Waals surface area contributed by atoms with E-state index in [4.69, 9.17) is 0 Å². The fourth-order valence-corrected chi connectivity index (χ4v) is 3.10. The number of nitrogens with one attached hydrogen (secondary N) is 3. The summed E-state index contributed by atoms with van der Waals surface area (Å²) in [7, 11) is 1.66. The summed E-state index contributed by atoms with van der Waals surface area (Å²) < 4.78 is 40.2. The lowest BCUT2D eigenvalue weighted by atomic mass is 10.3. The third-order valence-electron chi connectivity index (χ3n) is 4.57. The van der Waals surface area contributed by atoms with E-state index < -0.39 is 11.9 Å². The van der Waals surface area contributed by atoms with E-state index in [0.717, 1.165) is 42.1 Å². The van der Waals surface area contributed by atoms with Crippen molar-refractivity contribution >= 4 is 22.9 Å². The SMILES string of the molecule is CN=C(NCCCn1c(C)nc2ccccc21)NCCNc1nccc(C(F)(F)F)n1. The molecule has 8 nitrogen and oxygen atoms in total. The molecule has 3 N–H and O–H groups in total. The zero-order chi connectivity index (χ0) is 22.3. The number of aliphatic imine (C=N–C) groups is 1. The smallest absolute Gasteiger partial charge is 0.356 e. The number of fused-ring (bicyclic) bond motifs is 1. The maximum atomic E-state index is 12.7. The van der Waals surface area contributed by atoms with Gasteiger partial charge in [-0.3, -0.25) is 4.99 Å². The minimum absolute atomic E-state index is 0.0671. The van der Waals surface area contributed by atoms with E-state index in [9.17, 15) is 13.2 Å². The van der Waals surface area contributed by atoms with Crippen molar-refractivity contribution in [3.8, 4) is 0 Å². The zero-order valence-corrected chi connectivity index (χ0v) is 17.4.